The van der Waals surface area contributed by atoms with Crippen LogP contribution in [0.5, 0.6) is 0 Å². The molecule has 0 saturated carbocycles. The second kappa shape index (κ2) is 13.2. The Morgan fingerprint density at radius 1 is 0.350 bits per heavy atom. The molecule has 0 atom stereocenters. The number of aromatic nitrogens is 4. The van der Waals surface area contributed by atoms with Crippen molar-refractivity contribution in [2.24, 2.45) is 0 Å². The lowest BCUT2D eigenvalue weighted by atomic mass is 9.81. The van der Waals surface area contributed by atoms with Crippen LogP contribution in [0.3, 0.4) is 0 Å². The Balaban J connectivity index is 1.19. The summed E-state index contributed by atoms with van der Waals surface area (Å²) in [5.74, 6) is 1.82. The summed E-state index contributed by atoms with van der Waals surface area (Å²) >= 11 is 0. The molecule has 9 aromatic carbocycles. The zero-order chi connectivity index (χ0) is 40.0. The Kier molecular flexibility index (Phi) is 7.54. The fourth-order valence-electron chi connectivity index (χ4n) is 9.78. The van der Waals surface area contributed by atoms with Crippen LogP contribution in [0.2, 0.25) is 0 Å². The lowest BCUT2D eigenvalue weighted by Crippen LogP contribution is -2.14. The molecule has 1 aliphatic rings. The first kappa shape index (κ1) is 34.4. The van der Waals surface area contributed by atoms with Crippen molar-refractivity contribution in [3.63, 3.8) is 0 Å². The first-order valence-electron chi connectivity index (χ1n) is 20.6. The fraction of sp³-hybridized carbons (Fsp3) is 0.0536. The summed E-state index contributed by atoms with van der Waals surface area (Å²) in [4.78, 5) is 16.0. The Morgan fingerprint density at radius 2 is 0.850 bits per heavy atom. The van der Waals surface area contributed by atoms with Crippen LogP contribution in [0, 0.1) is 0 Å². The van der Waals surface area contributed by atoms with Crippen LogP contribution in [-0.2, 0) is 5.41 Å². The second-order valence-corrected chi connectivity index (χ2v) is 16.4. The standard InChI is InChI=1S/C56H38N4/c1-56(2)48-27-14-13-22-43(48)44-33-32-39(34-49(44)56)40-25-15-26-47-50-45-23-11-9-20-41(45)42-21-10-12-24-46(42)52(50)60(51(40)47)55-58-53(37-18-7-4-8-19-37)57-54(59-55)38-30-28-36(29-31-38)35-16-5-3-6-17-35/h3-34H,1-2H3. The Bertz CT molecular complexity index is 3490. The van der Waals surface area contributed by atoms with Crippen LogP contribution in [0.4, 0.5) is 0 Å². The number of nitrogens with zero attached hydrogens (tertiary/aromatic N) is 4. The Labute approximate surface area is 348 Å². The van der Waals surface area contributed by atoms with Crippen molar-refractivity contribution in [3.8, 4) is 62.1 Å². The minimum Gasteiger partial charge on any atom is -0.277 e. The zero-order valence-electron chi connectivity index (χ0n) is 33.3. The summed E-state index contributed by atoms with van der Waals surface area (Å²) in [7, 11) is 0. The topological polar surface area (TPSA) is 43.6 Å². The summed E-state index contributed by atoms with van der Waals surface area (Å²) in [6.45, 7) is 4.70. The van der Waals surface area contributed by atoms with Crippen molar-refractivity contribution >= 4 is 43.4 Å². The van der Waals surface area contributed by atoms with Crippen molar-refractivity contribution in [3.05, 3.63) is 205 Å². The van der Waals surface area contributed by atoms with E-state index in [0.717, 1.165) is 49.6 Å². The summed E-state index contributed by atoms with van der Waals surface area (Å²) < 4.78 is 2.33. The lowest BCUT2D eigenvalue weighted by molar-refractivity contribution is 0.660. The average molecular weight is 767 g/mol. The normalized spacial score (nSPS) is 13.0. The summed E-state index contributed by atoms with van der Waals surface area (Å²) in [6, 6.07) is 69.5. The van der Waals surface area contributed by atoms with Gasteiger partial charge in [0.1, 0.15) is 0 Å². The molecular formula is C56H38N4. The number of hydrogen-bond donors (Lipinski definition) is 0. The molecular weight excluding hydrogens is 729 g/mol. The average Bonchev–Trinajstić information content (AvgIpc) is 3.79. The minimum atomic E-state index is -0.140. The van der Waals surface area contributed by atoms with E-state index < -0.39 is 0 Å². The number of rotatable bonds is 5. The van der Waals surface area contributed by atoms with Gasteiger partial charge >= 0.3 is 0 Å². The van der Waals surface area contributed by atoms with Gasteiger partial charge in [-0.3, -0.25) is 4.57 Å². The molecule has 0 amide bonds. The van der Waals surface area contributed by atoms with Crippen molar-refractivity contribution in [2.75, 3.05) is 0 Å². The van der Waals surface area contributed by atoms with Crippen molar-refractivity contribution in [1.29, 1.82) is 0 Å². The highest BCUT2D eigenvalue weighted by atomic mass is 15.2. The van der Waals surface area contributed by atoms with Gasteiger partial charge in [0.15, 0.2) is 11.6 Å². The molecule has 2 aromatic heterocycles. The van der Waals surface area contributed by atoms with E-state index in [1.165, 1.54) is 49.4 Å². The first-order valence-corrected chi connectivity index (χ1v) is 20.6. The highest BCUT2D eigenvalue weighted by molar-refractivity contribution is 6.33. The first-order chi connectivity index (χ1) is 29.5. The van der Waals surface area contributed by atoms with Crippen LogP contribution < -0.4 is 0 Å². The van der Waals surface area contributed by atoms with Gasteiger partial charge in [-0.1, -0.05) is 202 Å². The monoisotopic (exact) mass is 766 g/mol. The third-order valence-electron chi connectivity index (χ3n) is 12.7. The molecule has 0 saturated heterocycles. The molecule has 60 heavy (non-hydrogen) atoms. The SMILES string of the molecule is CC1(C)c2ccccc2-c2ccc(-c3cccc4c5c6ccccc6c6ccccc6c5n(-c5nc(-c6ccccc6)nc(-c6ccc(-c7ccccc7)cc6)n5)c34)cc21. The number of hydrogen-bond acceptors (Lipinski definition) is 3. The Hall–Kier alpha value is -7.69. The molecule has 11 aromatic rings. The lowest BCUT2D eigenvalue weighted by Gasteiger charge is -2.22. The molecule has 0 aliphatic heterocycles. The van der Waals surface area contributed by atoms with Gasteiger partial charge in [-0.15, -0.1) is 0 Å². The van der Waals surface area contributed by atoms with E-state index in [9.17, 15) is 0 Å². The quantitative estimate of drug-likeness (QED) is 0.164. The summed E-state index contributed by atoms with van der Waals surface area (Å²) in [6.07, 6.45) is 0. The molecule has 1 aliphatic carbocycles. The van der Waals surface area contributed by atoms with Gasteiger partial charge in [0.2, 0.25) is 5.95 Å². The van der Waals surface area contributed by atoms with E-state index >= 15 is 0 Å². The predicted octanol–water partition coefficient (Wildman–Crippen LogP) is 14.2. The highest BCUT2D eigenvalue weighted by Gasteiger charge is 2.35. The largest absolute Gasteiger partial charge is 0.277 e. The maximum Gasteiger partial charge on any atom is 0.238 e. The van der Waals surface area contributed by atoms with Crippen LogP contribution in [0.15, 0.2) is 194 Å². The molecule has 2 heterocycles. The van der Waals surface area contributed by atoms with Gasteiger partial charge in [0, 0.05) is 38.3 Å². The van der Waals surface area contributed by atoms with E-state index in [1.54, 1.807) is 0 Å². The number of benzene rings is 9. The molecule has 0 fully saturated rings. The molecule has 282 valence electrons. The van der Waals surface area contributed by atoms with E-state index in [1.807, 2.05) is 24.3 Å². The fourth-order valence-corrected chi connectivity index (χ4v) is 9.78. The van der Waals surface area contributed by atoms with Crippen molar-refractivity contribution in [2.45, 2.75) is 19.3 Å². The number of para-hydroxylation sites is 1. The van der Waals surface area contributed by atoms with Gasteiger partial charge in [0.05, 0.1) is 11.0 Å². The smallest absolute Gasteiger partial charge is 0.238 e. The van der Waals surface area contributed by atoms with Crippen molar-refractivity contribution in [1.82, 2.24) is 19.5 Å². The molecule has 0 bridgehead atoms. The molecule has 0 unspecified atom stereocenters. The third kappa shape index (κ3) is 5.14. The van der Waals surface area contributed by atoms with Crippen LogP contribution >= 0.6 is 0 Å². The van der Waals surface area contributed by atoms with Gasteiger partial charge < -0.3 is 0 Å². The van der Waals surface area contributed by atoms with E-state index in [4.69, 9.17) is 15.0 Å². The Morgan fingerprint density at radius 3 is 1.58 bits per heavy atom. The highest BCUT2D eigenvalue weighted by Crippen LogP contribution is 2.51. The molecule has 12 rings (SSSR count). The van der Waals surface area contributed by atoms with Crippen LogP contribution in [0.25, 0.3) is 105 Å². The molecule has 0 spiro atoms. The minimum absolute atomic E-state index is 0.140. The molecule has 4 heteroatoms. The van der Waals surface area contributed by atoms with E-state index in [2.05, 4.69) is 188 Å². The summed E-state index contributed by atoms with van der Waals surface area (Å²) in [5.41, 5.74) is 13.8. The maximum absolute atomic E-state index is 5.44. The maximum atomic E-state index is 5.44. The van der Waals surface area contributed by atoms with Crippen molar-refractivity contribution < 1.29 is 0 Å². The summed E-state index contributed by atoms with van der Waals surface area (Å²) in [5, 5.41) is 7.11. The van der Waals surface area contributed by atoms with Gasteiger partial charge in [0.25, 0.3) is 0 Å². The third-order valence-corrected chi connectivity index (χ3v) is 12.7. The van der Waals surface area contributed by atoms with Crippen LogP contribution in [0.1, 0.15) is 25.0 Å². The van der Waals surface area contributed by atoms with E-state index in [0.29, 0.717) is 17.6 Å². The van der Waals surface area contributed by atoms with E-state index in [-0.39, 0.29) is 5.41 Å². The molecule has 0 N–H and O–H groups in total. The van der Waals surface area contributed by atoms with Gasteiger partial charge in [-0.25, -0.2) is 4.98 Å². The van der Waals surface area contributed by atoms with Crippen LogP contribution in [-0.4, -0.2) is 19.5 Å². The second-order valence-electron chi connectivity index (χ2n) is 16.4. The van der Waals surface area contributed by atoms with Gasteiger partial charge in [-0.05, 0) is 61.2 Å². The number of fused-ring (bicyclic) bond motifs is 11. The molecule has 4 nitrogen and oxygen atoms in total. The molecule has 0 radical (unpaired) electrons. The predicted molar refractivity (Wildman–Crippen MR) is 248 cm³/mol. The zero-order valence-corrected chi connectivity index (χ0v) is 33.3. The van der Waals surface area contributed by atoms with Gasteiger partial charge in [-0.2, -0.15) is 9.97 Å².